The van der Waals surface area contributed by atoms with Crippen LogP contribution in [0.15, 0.2) is 53.0 Å². The van der Waals surface area contributed by atoms with E-state index in [1.54, 1.807) is 0 Å². The van der Waals surface area contributed by atoms with Gasteiger partial charge in [-0.25, -0.2) is 15.0 Å². The van der Waals surface area contributed by atoms with Crippen LogP contribution in [0.25, 0.3) is 33.4 Å². The SMILES string of the molecule is CC(C)(C)c1nc(N)c2cc(-c3ccc(Cl)cc3)c(-c3ccc(Cl)cc3Br)nc2n1. The Balaban J connectivity index is 2.07. The maximum absolute atomic E-state index is 6.32. The molecule has 0 saturated heterocycles. The molecule has 0 amide bonds. The van der Waals surface area contributed by atoms with Gasteiger partial charge in [-0.3, -0.25) is 0 Å². The quantitative estimate of drug-likeness (QED) is 0.312. The first kappa shape index (κ1) is 21.0. The van der Waals surface area contributed by atoms with Crippen molar-refractivity contribution in [2.24, 2.45) is 0 Å². The third-order valence-corrected chi connectivity index (χ3v) is 5.87. The zero-order valence-electron chi connectivity index (χ0n) is 16.7. The Labute approximate surface area is 193 Å². The van der Waals surface area contributed by atoms with Gasteiger partial charge in [0, 0.05) is 31.1 Å². The lowest BCUT2D eigenvalue weighted by molar-refractivity contribution is 0.549. The van der Waals surface area contributed by atoms with E-state index >= 15 is 0 Å². The van der Waals surface area contributed by atoms with Gasteiger partial charge in [0.25, 0.3) is 0 Å². The van der Waals surface area contributed by atoms with Crippen LogP contribution in [0.3, 0.4) is 0 Å². The molecule has 0 unspecified atom stereocenters. The Bertz CT molecular complexity index is 1270. The zero-order chi connectivity index (χ0) is 21.6. The minimum absolute atomic E-state index is 0.250. The highest BCUT2D eigenvalue weighted by atomic mass is 79.9. The van der Waals surface area contributed by atoms with Crippen LogP contribution in [-0.2, 0) is 5.41 Å². The van der Waals surface area contributed by atoms with Crippen LogP contribution in [0.1, 0.15) is 26.6 Å². The number of nitrogens with zero attached hydrogens (tertiary/aromatic N) is 3. The molecule has 0 bridgehead atoms. The standard InChI is InChI=1S/C23H19BrCl2N4/c1-23(2,3)22-29-20(27)17-11-16(12-4-6-13(25)7-5-12)19(28-21(17)30-22)15-9-8-14(26)10-18(15)24/h4-11H,1-3H3,(H2,27,28,29,30). The van der Waals surface area contributed by atoms with Crippen molar-refractivity contribution in [2.75, 3.05) is 5.73 Å². The molecular weight excluding hydrogens is 483 g/mol. The summed E-state index contributed by atoms with van der Waals surface area (Å²) in [5.74, 6) is 1.06. The molecule has 0 atom stereocenters. The molecule has 152 valence electrons. The van der Waals surface area contributed by atoms with Crippen LogP contribution in [-0.4, -0.2) is 15.0 Å². The molecule has 0 aliphatic heterocycles. The molecule has 0 aliphatic rings. The predicted molar refractivity (Wildman–Crippen MR) is 129 cm³/mol. The van der Waals surface area contributed by atoms with Crippen molar-refractivity contribution >= 4 is 56.0 Å². The predicted octanol–water partition coefficient (Wildman–Crippen LogP) is 7.31. The number of halogens is 3. The maximum atomic E-state index is 6.32. The summed E-state index contributed by atoms with van der Waals surface area (Å²) in [6.45, 7) is 6.14. The number of fused-ring (bicyclic) bond motifs is 1. The van der Waals surface area contributed by atoms with E-state index in [0.717, 1.165) is 26.9 Å². The fraction of sp³-hybridized carbons (Fsp3) is 0.174. The second kappa shape index (κ2) is 7.80. The molecule has 2 aromatic carbocycles. The Hall–Kier alpha value is -2.21. The average Bonchev–Trinajstić information content (AvgIpc) is 2.67. The first-order valence-electron chi connectivity index (χ1n) is 9.33. The van der Waals surface area contributed by atoms with Gasteiger partial charge in [-0.15, -0.1) is 0 Å². The van der Waals surface area contributed by atoms with Crippen LogP contribution in [0.5, 0.6) is 0 Å². The first-order valence-corrected chi connectivity index (χ1v) is 10.9. The Morgan fingerprint density at radius 3 is 2.13 bits per heavy atom. The Morgan fingerprint density at radius 2 is 1.50 bits per heavy atom. The number of hydrogen-bond donors (Lipinski definition) is 1. The molecule has 4 aromatic rings. The summed E-state index contributed by atoms with van der Waals surface area (Å²) in [5, 5.41) is 2.02. The van der Waals surface area contributed by atoms with Crippen molar-refractivity contribution in [2.45, 2.75) is 26.2 Å². The van der Waals surface area contributed by atoms with Crippen LogP contribution in [0.2, 0.25) is 10.0 Å². The summed E-state index contributed by atoms with van der Waals surface area (Å²) in [5.41, 5.74) is 10.2. The summed E-state index contributed by atoms with van der Waals surface area (Å²) in [6, 6.07) is 15.2. The van der Waals surface area contributed by atoms with E-state index in [9.17, 15) is 0 Å². The summed E-state index contributed by atoms with van der Waals surface area (Å²) in [7, 11) is 0. The number of nitrogen functional groups attached to an aromatic ring is 1. The lowest BCUT2D eigenvalue weighted by Gasteiger charge is -2.19. The summed E-state index contributed by atoms with van der Waals surface area (Å²) in [4.78, 5) is 14.2. The fourth-order valence-corrected chi connectivity index (χ4v) is 4.15. The number of aromatic nitrogens is 3. The van der Waals surface area contributed by atoms with Crippen LogP contribution < -0.4 is 5.73 Å². The monoisotopic (exact) mass is 500 g/mol. The van der Waals surface area contributed by atoms with Gasteiger partial charge in [0.05, 0.1) is 11.1 Å². The van der Waals surface area contributed by atoms with Gasteiger partial charge in [0.1, 0.15) is 11.6 Å². The number of benzene rings is 2. The van der Waals surface area contributed by atoms with Gasteiger partial charge in [0.2, 0.25) is 0 Å². The van der Waals surface area contributed by atoms with Crippen LogP contribution >= 0.6 is 39.1 Å². The van der Waals surface area contributed by atoms with E-state index in [0.29, 0.717) is 32.7 Å². The third-order valence-electron chi connectivity index (χ3n) is 4.73. The summed E-state index contributed by atoms with van der Waals surface area (Å²) < 4.78 is 0.843. The molecule has 0 radical (unpaired) electrons. The molecule has 0 spiro atoms. The lowest BCUT2D eigenvalue weighted by Crippen LogP contribution is -2.17. The summed E-state index contributed by atoms with van der Waals surface area (Å²) >= 11 is 15.9. The highest BCUT2D eigenvalue weighted by Crippen LogP contribution is 2.39. The molecule has 7 heteroatoms. The number of anilines is 1. The lowest BCUT2D eigenvalue weighted by atomic mass is 9.95. The highest BCUT2D eigenvalue weighted by molar-refractivity contribution is 9.10. The molecule has 30 heavy (non-hydrogen) atoms. The number of nitrogens with two attached hydrogens (primary N) is 1. The Morgan fingerprint density at radius 1 is 0.833 bits per heavy atom. The van der Waals surface area contributed by atoms with Crippen molar-refractivity contribution in [3.8, 4) is 22.4 Å². The van der Waals surface area contributed by atoms with Gasteiger partial charge >= 0.3 is 0 Å². The molecule has 2 aromatic heterocycles. The van der Waals surface area contributed by atoms with Gasteiger partial charge in [0.15, 0.2) is 5.65 Å². The topological polar surface area (TPSA) is 64.7 Å². The van der Waals surface area contributed by atoms with Gasteiger partial charge in [-0.2, -0.15) is 0 Å². The maximum Gasteiger partial charge on any atom is 0.165 e. The smallest absolute Gasteiger partial charge is 0.165 e. The second-order valence-corrected chi connectivity index (χ2v) is 9.80. The minimum Gasteiger partial charge on any atom is -0.383 e. The van der Waals surface area contributed by atoms with E-state index < -0.39 is 0 Å². The highest BCUT2D eigenvalue weighted by Gasteiger charge is 2.22. The zero-order valence-corrected chi connectivity index (χ0v) is 19.8. The van der Waals surface area contributed by atoms with E-state index in [-0.39, 0.29) is 5.41 Å². The number of hydrogen-bond acceptors (Lipinski definition) is 4. The largest absolute Gasteiger partial charge is 0.383 e. The Kier molecular flexibility index (Phi) is 5.47. The fourth-order valence-electron chi connectivity index (χ4n) is 3.15. The average molecular weight is 502 g/mol. The van der Waals surface area contributed by atoms with E-state index in [4.69, 9.17) is 38.9 Å². The molecule has 4 nitrogen and oxygen atoms in total. The van der Waals surface area contributed by atoms with E-state index in [2.05, 4.69) is 20.9 Å². The molecule has 2 N–H and O–H groups in total. The van der Waals surface area contributed by atoms with Gasteiger partial charge < -0.3 is 5.73 Å². The molecule has 4 rings (SSSR count). The number of pyridine rings is 1. The van der Waals surface area contributed by atoms with Crippen molar-refractivity contribution in [1.82, 2.24) is 15.0 Å². The van der Waals surface area contributed by atoms with Crippen molar-refractivity contribution in [1.29, 1.82) is 0 Å². The van der Waals surface area contributed by atoms with E-state index in [1.165, 1.54) is 0 Å². The van der Waals surface area contributed by atoms with Gasteiger partial charge in [-0.1, -0.05) is 78.1 Å². The second-order valence-electron chi connectivity index (χ2n) is 8.07. The molecule has 2 heterocycles. The van der Waals surface area contributed by atoms with E-state index in [1.807, 2.05) is 69.3 Å². The first-order chi connectivity index (χ1) is 14.1. The molecule has 0 fully saturated rings. The summed E-state index contributed by atoms with van der Waals surface area (Å²) in [6.07, 6.45) is 0. The van der Waals surface area contributed by atoms with Crippen LogP contribution in [0, 0.1) is 0 Å². The third kappa shape index (κ3) is 4.02. The molecule has 0 aliphatic carbocycles. The molecule has 0 saturated carbocycles. The van der Waals surface area contributed by atoms with Crippen molar-refractivity contribution in [3.05, 3.63) is 68.9 Å². The van der Waals surface area contributed by atoms with Gasteiger partial charge in [-0.05, 0) is 35.9 Å². The van der Waals surface area contributed by atoms with Crippen molar-refractivity contribution in [3.63, 3.8) is 0 Å². The minimum atomic E-state index is -0.250. The molecular formula is C23H19BrCl2N4. The number of rotatable bonds is 2. The normalized spacial score (nSPS) is 11.8. The van der Waals surface area contributed by atoms with Crippen LogP contribution in [0.4, 0.5) is 5.82 Å². The van der Waals surface area contributed by atoms with Crippen molar-refractivity contribution < 1.29 is 0 Å².